The van der Waals surface area contributed by atoms with E-state index >= 15 is 0 Å². The molecule has 0 unspecified atom stereocenters. The topological polar surface area (TPSA) is 76.4 Å². The summed E-state index contributed by atoms with van der Waals surface area (Å²) in [5, 5.41) is 7.29. The van der Waals surface area contributed by atoms with Crippen LogP contribution < -0.4 is 5.32 Å². The molecule has 0 spiro atoms. The Morgan fingerprint density at radius 3 is 2.84 bits per heavy atom. The molecule has 0 aliphatic carbocycles. The summed E-state index contributed by atoms with van der Waals surface area (Å²) >= 11 is 0. The smallest absolute Gasteiger partial charge is 0.157 e. The zero-order valence-corrected chi connectivity index (χ0v) is 11.9. The SMILES string of the molecule is CCc1cc(NCCS(=O)(=O)CC)n2nccc2n1. The number of hydrogen-bond acceptors (Lipinski definition) is 5. The average Bonchev–Trinajstić information content (AvgIpc) is 2.86. The molecule has 2 heterocycles. The maximum Gasteiger partial charge on any atom is 0.157 e. The largest absolute Gasteiger partial charge is 0.369 e. The first-order chi connectivity index (χ1) is 9.05. The zero-order chi connectivity index (χ0) is 13.9. The van der Waals surface area contributed by atoms with Gasteiger partial charge in [0.15, 0.2) is 15.5 Å². The van der Waals surface area contributed by atoms with Crippen LogP contribution in [-0.4, -0.2) is 41.1 Å². The van der Waals surface area contributed by atoms with Gasteiger partial charge in [0, 0.05) is 30.1 Å². The summed E-state index contributed by atoms with van der Waals surface area (Å²) in [7, 11) is -2.95. The zero-order valence-electron chi connectivity index (χ0n) is 11.1. The van der Waals surface area contributed by atoms with Gasteiger partial charge in [0.25, 0.3) is 0 Å². The standard InChI is InChI=1S/C12H18N4O2S/c1-3-10-9-12(13-7-8-19(17,18)4-2)16-11(15-10)5-6-14-16/h5-6,9,13H,3-4,7-8H2,1-2H3. The van der Waals surface area contributed by atoms with Crippen molar-refractivity contribution in [2.24, 2.45) is 0 Å². The normalized spacial score (nSPS) is 11.9. The molecule has 0 fully saturated rings. The van der Waals surface area contributed by atoms with Gasteiger partial charge in [-0.05, 0) is 6.42 Å². The third kappa shape index (κ3) is 3.23. The third-order valence-corrected chi connectivity index (χ3v) is 4.64. The van der Waals surface area contributed by atoms with E-state index in [9.17, 15) is 8.42 Å². The van der Waals surface area contributed by atoms with Gasteiger partial charge in [0.05, 0.1) is 11.9 Å². The van der Waals surface area contributed by atoms with Gasteiger partial charge in [-0.1, -0.05) is 13.8 Å². The number of rotatable bonds is 6. The first kappa shape index (κ1) is 13.8. The molecule has 0 aromatic carbocycles. The summed E-state index contributed by atoms with van der Waals surface area (Å²) in [5.74, 6) is 1.07. The van der Waals surface area contributed by atoms with Crippen molar-refractivity contribution in [2.75, 3.05) is 23.4 Å². The molecule has 0 saturated carbocycles. The Hall–Kier alpha value is -1.63. The summed E-state index contributed by atoms with van der Waals surface area (Å²) in [6.45, 7) is 4.06. The molecule has 7 heteroatoms. The van der Waals surface area contributed by atoms with Gasteiger partial charge >= 0.3 is 0 Å². The van der Waals surface area contributed by atoms with Crippen LogP contribution in [0.1, 0.15) is 19.5 Å². The number of aromatic nitrogens is 3. The van der Waals surface area contributed by atoms with Gasteiger partial charge in [0.1, 0.15) is 5.82 Å². The minimum Gasteiger partial charge on any atom is -0.369 e. The Bertz CT molecular complexity index is 663. The highest BCUT2D eigenvalue weighted by Crippen LogP contribution is 2.12. The van der Waals surface area contributed by atoms with Crippen molar-refractivity contribution in [3.63, 3.8) is 0 Å². The molecular formula is C12H18N4O2S. The van der Waals surface area contributed by atoms with Gasteiger partial charge in [-0.15, -0.1) is 0 Å². The van der Waals surface area contributed by atoms with E-state index in [-0.39, 0.29) is 11.5 Å². The molecule has 0 aliphatic rings. The van der Waals surface area contributed by atoms with Crippen molar-refractivity contribution < 1.29 is 8.42 Å². The molecule has 0 amide bonds. The van der Waals surface area contributed by atoms with E-state index in [0.29, 0.717) is 6.54 Å². The second kappa shape index (κ2) is 5.56. The lowest BCUT2D eigenvalue weighted by Crippen LogP contribution is -2.18. The number of sulfone groups is 1. The van der Waals surface area contributed by atoms with E-state index in [0.717, 1.165) is 23.6 Å². The highest BCUT2D eigenvalue weighted by atomic mass is 32.2. The second-order valence-electron chi connectivity index (χ2n) is 4.25. The van der Waals surface area contributed by atoms with Crippen LogP contribution in [0.4, 0.5) is 5.82 Å². The molecule has 0 saturated heterocycles. The minimum atomic E-state index is -2.95. The summed E-state index contributed by atoms with van der Waals surface area (Å²) in [4.78, 5) is 4.43. The second-order valence-corrected chi connectivity index (χ2v) is 6.72. The lowest BCUT2D eigenvalue weighted by Gasteiger charge is -2.09. The van der Waals surface area contributed by atoms with Crippen LogP contribution in [0.5, 0.6) is 0 Å². The molecule has 19 heavy (non-hydrogen) atoms. The van der Waals surface area contributed by atoms with Gasteiger partial charge < -0.3 is 5.32 Å². The molecule has 0 bridgehead atoms. The number of aryl methyl sites for hydroxylation is 1. The first-order valence-electron chi connectivity index (χ1n) is 6.33. The van der Waals surface area contributed by atoms with Crippen LogP contribution >= 0.6 is 0 Å². The predicted molar refractivity (Wildman–Crippen MR) is 75.2 cm³/mol. The van der Waals surface area contributed by atoms with E-state index in [1.165, 1.54) is 0 Å². The van der Waals surface area contributed by atoms with Gasteiger partial charge in [-0.25, -0.2) is 13.4 Å². The molecular weight excluding hydrogens is 264 g/mol. The Morgan fingerprint density at radius 1 is 1.37 bits per heavy atom. The fourth-order valence-corrected chi connectivity index (χ4v) is 2.45. The van der Waals surface area contributed by atoms with Crippen molar-refractivity contribution >= 4 is 21.3 Å². The highest BCUT2D eigenvalue weighted by molar-refractivity contribution is 7.91. The van der Waals surface area contributed by atoms with Crippen molar-refractivity contribution in [2.45, 2.75) is 20.3 Å². The number of hydrogen-bond donors (Lipinski definition) is 1. The molecule has 104 valence electrons. The monoisotopic (exact) mass is 282 g/mol. The molecule has 0 atom stereocenters. The van der Waals surface area contributed by atoms with E-state index in [1.54, 1.807) is 17.6 Å². The van der Waals surface area contributed by atoms with Crippen molar-refractivity contribution in [3.8, 4) is 0 Å². The van der Waals surface area contributed by atoms with Crippen LogP contribution in [0.3, 0.4) is 0 Å². The first-order valence-corrected chi connectivity index (χ1v) is 8.16. The summed E-state index contributed by atoms with van der Waals surface area (Å²) in [5.41, 5.74) is 1.72. The van der Waals surface area contributed by atoms with Crippen LogP contribution in [-0.2, 0) is 16.3 Å². The van der Waals surface area contributed by atoms with Gasteiger partial charge in [-0.2, -0.15) is 9.61 Å². The molecule has 2 aromatic heterocycles. The Balaban J connectivity index is 2.17. The Labute approximate surface area is 112 Å². The summed E-state index contributed by atoms with van der Waals surface area (Å²) in [6.07, 6.45) is 2.50. The maximum absolute atomic E-state index is 11.5. The summed E-state index contributed by atoms with van der Waals surface area (Å²) < 4.78 is 24.6. The van der Waals surface area contributed by atoms with Gasteiger partial charge in [-0.3, -0.25) is 0 Å². The summed E-state index contributed by atoms with van der Waals surface area (Å²) in [6, 6.07) is 3.73. The number of anilines is 1. The average molecular weight is 282 g/mol. The maximum atomic E-state index is 11.5. The molecule has 6 nitrogen and oxygen atoms in total. The number of nitrogens with one attached hydrogen (secondary N) is 1. The van der Waals surface area contributed by atoms with Gasteiger partial charge in [0.2, 0.25) is 0 Å². The van der Waals surface area contributed by atoms with Crippen molar-refractivity contribution in [1.82, 2.24) is 14.6 Å². The van der Waals surface area contributed by atoms with E-state index in [2.05, 4.69) is 15.4 Å². The molecule has 2 rings (SSSR count). The molecule has 2 aromatic rings. The van der Waals surface area contributed by atoms with E-state index in [4.69, 9.17) is 0 Å². The quantitative estimate of drug-likeness (QED) is 0.859. The molecule has 1 N–H and O–H groups in total. The Morgan fingerprint density at radius 2 is 2.16 bits per heavy atom. The third-order valence-electron chi connectivity index (χ3n) is 2.93. The van der Waals surface area contributed by atoms with Crippen LogP contribution in [0, 0.1) is 0 Å². The Kier molecular flexibility index (Phi) is 4.04. The van der Waals surface area contributed by atoms with Crippen LogP contribution in [0.25, 0.3) is 5.65 Å². The van der Waals surface area contributed by atoms with Crippen molar-refractivity contribution in [1.29, 1.82) is 0 Å². The number of nitrogens with zero attached hydrogens (tertiary/aromatic N) is 3. The molecule has 0 aliphatic heterocycles. The van der Waals surface area contributed by atoms with Crippen LogP contribution in [0.15, 0.2) is 18.3 Å². The lowest BCUT2D eigenvalue weighted by atomic mass is 10.3. The minimum absolute atomic E-state index is 0.121. The van der Waals surface area contributed by atoms with E-state index < -0.39 is 9.84 Å². The predicted octanol–water partition coefficient (Wildman–Crippen LogP) is 1.14. The lowest BCUT2D eigenvalue weighted by molar-refractivity contribution is 0.597. The number of fused-ring (bicyclic) bond motifs is 1. The van der Waals surface area contributed by atoms with Crippen molar-refractivity contribution in [3.05, 3.63) is 24.0 Å². The van der Waals surface area contributed by atoms with E-state index in [1.807, 2.05) is 19.1 Å². The fourth-order valence-electron chi connectivity index (χ4n) is 1.75. The highest BCUT2D eigenvalue weighted by Gasteiger charge is 2.09. The molecule has 0 radical (unpaired) electrons. The fraction of sp³-hybridized carbons (Fsp3) is 0.500. The van der Waals surface area contributed by atoms with Crippen LogP contribution in [0.2, 0.25) is 0 Å².